The number of rotatable bonds is 3. The van der Waals surface area contributed by atoms with Crippen LogP contribution in [-0.2, 0) is 4.79 Å². The van der Waals surface area contributed by atoms with E-state index in [-0.39, 0.29) is 24.2 Å². The number of nitrogens with zero attached hydrogens (tertiary/aromatic N) is 2. The van der Waals surface area contributed by atoms with Crippen LogP contribution >= 0.6 is 12.4 Å². The fourth-order valence-electron chi connectivity index (χ4n) is 2.59. The van der Waals surface area contributed by atoms with E-state index in [2.05, 4.69) is 22.5 Å². The van der Waals surface area contributed by atoms with E-state index in [4.69, 9.17) is 0 Å². The molecule has 0 spiro atoms. The number of hydrogen-bond acceptors (Lipinski definition) is 3. The first-order valence-electron chi connectivity index (χ1n) is 6.84. The number of nitrogens with one attached hydrogen (secondary N) is 2. The van der Waals surface area contributed by atoms with E-state index in [1.807, 2.05) is 35.0 Å². The average Bonchev–Trinajstić information content (AvgIpc) is 3.10. The second-order valence-corrected chi connectivity index (χ2v) is 5.22. The topological polar surface area (TPSA) is 59.0 Å². The minimum absolute atomic E-state index is 0. The van der Waals surface area contributed by atoms with Gasteiger partial charge in [-0.1, -0.05) is 19.1 Å². The van der Waals surface area contributed by atoms with Crippen molar-refractivity contribution in [1.82, 2.24) is 14.9 Å². The van der Waals surface area contributed by atoms with Gasteiger partial charge in [0, 0.05) is 18.9 Å². The minimum Gasteiger partial charge on any atom is -0.324 e. The van der Waals surface area contributed by atoms with Gasteiger partial charge in [0.15, 0.2) is 0 Å². The number of para-hydroxylation sites is 2. The summed E-state index contributed by atoms with van der Waals surface area (Å²) in [7, 11) is 0. The fourth-order valence-corrected chi connectivity index (χ4v) is 2.59. The van der Waals surface area contributed by atoms with Gasteiger partial charge in [-0.3, -0.25) is 4.79 Å². The summed E-state index contributed by atoms with van der Waals surface area (Å²) >= 11 is 0. The van der Waals surface area contributed by atoms with Crippen molar-refractivity contribution >= 4 is 24.0 Å². The highest BCUT2D eigenvalue weighted by Crippen LogP contribution is 2.23. The highest BCUT2D eigenvalue weighted by molar-refractivity contribution is 5.95. The Kier molecular flexibility index (Phi) is 4.98. The van der Waals surface area contributed by atoms with Gasteiger partial charge in [0.25, 0.3) is 0 Å². The van der Waals surface area contributed by atoms with Crippen LogP contribution in [0, 0.1) is 11.8 Å². The van der Waals surface area contributed by atoms with Gasteiger partial charge in [-0.25, -0.2) is 4.98 Å². The van der Waals surface area contributed by atoms with Crippen LogP contribution in [0.15, 0.2) is 43.0 Å². The SMILES string of the molecule is C[C@@H]1CNC[C@H]1C(=O)Nc1ccccc1-n1ccnc1.Cl. The van der Waals surface area contributed by atoms with E-state index >= 15 is 0 Å². The van der Waals surface area contributed by atoms with Crippen LogP contribution in [0.5, 0.6) is 0 Å². The molecular weight excluding hydrogens is 288 g/mol. The normalized spacial score (nSPS) is 20.8. The minimum atomic E-state index is 0. The fraction of sp³-hybridized carbons (Fsp3) is 0.333. The Balaban J connectivity index is 0.00000161. The van der Waals surface area contributed by atoms with Crippen LogP contribution < -0.4 is 10.6 Å². The first-order valence-corrected chi connectivity index (χ1v) is 6.84. The molecule has 2 N–H and O–H groups in total. The number of anilines is 1. The molecule has 2 heterocycles. The zero-order valence-electron chi connectivity index (χ0n) is 11.8. The van der Waals surface area contributed by atoms with Crippen molar-refractivity contribution < 1.29 is 4.79 Å². The number of imidazole rings is 1. The Labute approximate surface area is 130 Å². The standard InChI is InChI=1S/C15H18N4O.ClH/c1-11-8-17-9-12(11)15(20)18-13-4-2-3-5-14(13)19-7-6-16-10-19;/h2-7,10-12,17H,8-9H2,1H3,(H,18,20);1H/t11-,12-;/m1./s1. The smallest absolute Gasteiger partial charge is 0.229 e. The zero-order valence-corrected chi connectivity index (χ0v) is 12.6. The summed E-state index contributed by atoms with van der Waals surface area (Å²) in [6.45, 7) is 3.76. The van der Waals surface area contributed by atoms with E-state index in [0.717, 1.165) is 24.5 Å². The molecule has 0 unspecified atom stereocenters. The molecule has 6 heteroatoms. The Morgan fingerprint density at radius 1 is 1.38 bits per heavy atom. The number of carbonyl (C=O) groups is 1. The van der Waals surface area contributed by atoms with Gasteiger partial charge in [-0.05, 0) is 24.6 Å². The molecule has 1 aromatic heterocycles. The number of carbonyl (C=O) groups excluding carboxylic acids is 1. The molecule has 0 aliphatic carbocycles. The summed E-state index contributed by atoms with van der Waals surface area (Å²) < 4.78 is 1.89. The van der Waals surface area contributed by atoms with E-state index in [9.17, 15) is 4.79 Å². The average molecular weight is 307 g/mol. The summed E-state index contributed by atoms with van der Waals surface area (Å²) in [5.74, 6) is 0.483. The zero-order chi connectivity index (χ0) is 13.9. The van der Waals surface area contributed by atoms with E-state index in [1.165, 1.54) is 0 Å². The Morgan fingerprint density at radius 3 is 2.86 bits per heavy atom. The molecule has 0 bridgehead atoms. The molecule has 1 fully saturated rings. The van der Waals surface area contributed by atoms with Crippen LogP contribution in [0.2, 0.25) is 0 Å². The summed E-state index contributed by atoms with van der Waals surface area (Å²) in [4.78, 5) is 16.4. The molecule has 5 nitrogen and oxygen atoms in total. The van der Waals surface area contributed by atoms with Crippen LogP contribution in [0.1, 0.15) is 6.92 Å². The Hall–Kier alpha value is -1.85. The summed E-state index contributed by atoms with van der Waals surface area (Å²) in [5.41, 5.74) is 1.74. The maximum absolute atomic E-state index is 12.4. The van der Waals surface area contributed by atoms with E-state index in [0.29, 0.717) is 5.92 Å². The molecule has 0 radical (unpaired) electrons. The third-order valence-corrected chi connectivity index (χ3v) is 3.80. The summed E-state index contributed by atoms with van der Waals surface area (Å²) in [6, 6.07) is 7.75. The van der Waals surface area contributed by atoms with Crippen molar-refractivity contribution in [2.75, 3.05) is 18.4 Å². The molecule has 1 aliphatic heterocycles. The van der Waals surface area contributed by atoms with Gasteiger partial charge in [0.2, 0.25) is 5.91 Å². The predicted molar refractivity (Wildman–Crippen MR) is 85.0 cm³/mol. The lowest BCUT2D eigenvalue weighted by Gasteiger charge is -2.16. The molecule has 2 atom stereocenters. The van der Waals surface area contributed by atoms with Crippen molar-refractivity contribution in [3.05, 3.63) is 43.0 Å². The molecule has 1 amide bonds. The van der Waals surface area contributed by atoms with Gasteiger partial charge >= 0.3 is 0 Å². The predicted octanol–water partition coefficient (Wildman–Crippen LogP) is 2.09. The third-order valence-electron chi connectivity index (χ3n) is 3.80. The van der Waals surface area contributed by atoms with E-state index in [1.54, 1.807) is 12.5 Å². The van der Waals surface area contributed by atoms with Gasteiger partial charge in [-0.2, -0.15) is 0 Å². The maximum Gasteiger partial charge on any atom is 0.229 e. The molecule has 1 aliphatic rings. The lowest BCUT2D eigenvalue weighted by atomic mass is 9.97. The Morgan fingerprint density at radius 2 is 2.19 bits per heavy atom. The summed E-state index contributed by atoms with van der Waals surface area (Å²) in [6.07, 6.45) is 5.32. The lowest BCUT2D eigenvalue weighted by molar-refractivity contribution is -0.120. The molecule has 3 rings (SSSR count). The van der Waals surface area contributed by atoms with Crippen LogP contribution in [-0.4, -0.2) is 28.5 Å². The van der Waals surface area contributed by atoms with Crippen LogP contribution in [0.25, 0.3) is 5.69 Å². The van der Waals surface area contributed by atoms with Gasteiger partial charge in [-0.15, -0.1) is 12.4 Å². The molecule has 21 heavy (non-hydrogen) atoms. The van der Waals surface area contributed by atoms with Crippen molar-refractivity contribution in [3.8, 4) is 5.69 Å². The van der Waals surface area contributed by atoms with Gasteiger partial charge in [0.1, 0.15) is 0 Å². The van der Waals surface area contributed by atoms with Crippen molar-refractivity contribution in [2.24, 2.45) is 11.8 Å². The highest BCUT2D eigenvalue weighted by atomic mass is 35.5. The summed E-state index contributed by atoms with van der Waals surface area (Å²) in [5, 5.41) is 6.30. The second kappa shape index (κ2) is 6.74. The molecular formula is C15H19ClN4O. The van der Waals surface area contributed by atoms with Crippen LogP contribution in [0.3, 0.4) is 0 Å². The number of aromatic nitrogens is 2. The number of hydrogen-bond donors (Lipinski definition) is 2. The molecule has 1 saturated heterocycles. The highest BCUT2D eigenvalue weighted by Gasteiger charge is 2.29. The maximum atomic E-state index is 12.4. The third kappa shape index (κ3) is 3.25. The van der Waals surface area contributed by atoms with Gasteiger partial charge < -0.3 is 15.2 Å². The van der Waals surface area contributed by atoms with E-state index < -0.39 is 0 Å². The van der Waals surface area contributed by atoms with Gasteiger partial charge in [0.05, 0.1) is 23.6 Å². The number of amides is 1. The van der Waals surface area contributed by atoms with Crippen molar-refractivity contribution in [2.45, 2.75) is 6.92 Å². The first kappa shape index (κ1) is 15.5. The monoisotopic (exact) mass is 306 g/mol. The van der Waals surface area contributed by atoms with Crippen molar-refractivity contribution in [1.29, 1.82) is 0 Å². The molecule has 1 aromatic carbocycles. The molecule has 2 aromatic rings. The molecule has 0 saturated carbocycles. The molecule has 112 valence electrons. The van der Waals surface area contributed by atoms with Crippen LogP contribution in [0.4, 0.5) is 5.69 Å². The number of halogens is 1. The second-order valence-electron chi connectivity index (χ2n) is 5.22. The quantitative estimate of drug-likeness (QED) is 0.913. The largest absolute Gasteiger partial charge is 0.324 e. The number of benzene rings is 1. The van der Waals surface area contributed by atoms with Crippen molar-refractivity contribution in [3.63, 3.8) is 0 Å². The first-order chi connectivity index (χ1) is 9.75. The lowest BCUT2D eigenvalue weighted by Crippen LogP contribution is -2.28. The Bertz CT molecular complexity index is 599.